The largest absolute Gasteiger partial charge is 0.207 e. The van der Waals surface area contributed by atoms with Crippen molar-refractivity contribution in [1.29, 1.82) is 0 Å². The normalized spacial score (nSPS) is 10.1. The van der Waals surface area contributed by atoms with Crippen molar-refractivity contribution in [2.24, 2.45) is 0 Å². The van der Waals surface area contributed by atoms with Crippen LogP contribution in [0.25, 0.3) is 0 Å². The lowest BCUT2D eigenvalue weighted by atomic mass is 10.3. The Hall–Kier alpha value is -0.210. The number of hydrogen-bond acceptors (Lipinski definition) is 1. The maximum Gasteiger partial charge on any atom is 0.125 e. The van der Waals surface area contributed by atoms with E-state index in [2.05, 4.69) is 0 Å². The molecule has 0 aliphatic carbocycles. The van der Waals surface area contributed by atoms with Crippen LogP contribution in [0.1, 0.15) is 6.92 Å². The molecule has 0 nitrogen and oxygen atoms in total. The molecular weight excluding hydrogens is 183 g/mol. The minimum absolute atomic E-state index is 0.270. The van der Waals surface area contributed by atoms with Gasteiger partial charge < -0.3 is 0 Å². The van der Waals surface area contributed by atoms with Crippen LogP contribution >= 0.6 is 23.4 Å². The highest BCUT2D eigenvalue weighted by Crippen LogP contribution is 2.22. The van der Waals surface area contributed by atoms with E-state index in [1.807, 2.05) is 6.92 Å². The third-order valence-electron chi connectivity index (χ3n) is 1.15. The quantitative estimate of drug-likeness (QED) is 0.643. The molecule has 0 amide bonds. The topological polar surface area (TPSA) is 0 Å². The predicted molar refractivity (Wildman–Crippen MR) is 47.8 cm³/mol. The minimum atomic E-state index is -0.270. The molecule has 0 N–H and O–H groups in total. The van der Waals surface area contributed by atoms with Crippen molar-refractivity contribution in [2.75, 3.05) is 5.75 Å². The molecule has 1 aromatic rings. The Labute approximate surface area is 74.8 Å². The molecule has 0 unspecified atom stereocenters. The lowest BCUT2D eigenvalue weighted by Gasteiger charge is -1.98. The second-order valence-electron chi connectivity index (χ2n) is 2.04. The van der Waals surface area contributed by atoms with E-state index in [0.29, 0.717) is 5.02 Å². The monoisotopic (exact) mass is 190 g/mol. The smallest absolute Gasteiger partial charge is 0.125 e. The van der Waals surface area contributed by atoms with Crippen molar-refractivity contribution >= 4 is 23.4 Å². The molecule has 0 spiro atoms. The van der Waals surface area contributed by atoms with Gasteiger partial charge in [0.15, 0.2) is 0 Å². The van der Waals surface area contributed by atoms with Crippen LogP contribution in [0.5, 0.6) is 0 Å². The van der Waals surface area contributed by atoms with E-state index in [-0.39, 0.29) is 5.82 Å². The van der Waals surface area contributed by atoms with Crippen LogP contribution < -0.4 is 0 Å². The number of hydrogen-bond donors (Lipinski definition) is 0. The summed E-state index contributed by atoms with van der Waals surface area (Å²) in [5.74, 6) is 0.660. The van der Waals surface area contributed by atoms with E-state index in [1.54, 1.807) is 17.8 Å². The van der Waals surface area contributed by atoms with Gasteiger partial charge >= 0.3 is 0 Å². The van der Waals surface area contributed by atoms with Gasteiger partial charge in [-0.2, -0.15) is 0 Å². The zero-order chi connectivity index (χ0) is 8.27. The van der Waals surface area contributed by atoms with Crippen molar-refractivity contribution in [3.8, 4) is 0 Å². The van der Waals surface area contributed by atoms with Gasteiger partial charge in [-0.25, -0.2) is 4.39 Å². The molecule has 1 aromatic carbocycles. The Morgan fingerprint density at radius 1 is 1.45 bits per heavy atom. The summed E-state index contributed by atoms with van der Waals surface area (Å²) in [6.07, 6.45) is 0. The lowest BCUT2D eigenvalue weighted by Crippen LogP contribution is -1.77. The average molecular weight is 191 g/mol. The molecule has 0 heterocycles. The highest BCUT2D eigenvalue weighted by atomic mass is 35.5. The number of rotatable bonds is 2. The fourth-order valence-electron chi connectivity index (χ4n) is 0.779. The van der Waals surface area contributed by atoms with Gasteiger partial charge in [-0.05, 0) is 24.0 Å². The van der Waals surface area contributed by atoms with E-state index in [1.165, 1.54) is 12.1 Å². The third kappa shape index (κ3) is 2.72. The summed E-state index contributed by atoms with van der Waals surface area (Å²) in [5, 5.41) is 0.459. The molecular formula is C8H8ClFS. The van der Waals surface area contributed by atoms with E-state index >= 15 is 0 Å². The second-order valence-corrected chi connectivity index (χ2v) is 3.81. The number of benzene rings is 1. The molecule has 0 atom stereocenters. The van der Waals surface area contributed by atoms with Crippen molar-refractivity contribution in [3.63, 3.8) is 0 Å². The summed E-state index contributed by atoms with van der Waals surface area (Å²) in [4.78, 5) is 0.887. The molecule has 0 radical (unpaired) electrons. The van der Waals surface area contributed by atoms with Crippen molar-refractivity contribution < 1.29 is 4.39 Å². The number of halogens is 2. The second kappa shape index (κ2) is 3.98. The van der Waals surface area contributed by atoms with Crippen LogP contribution in [-0.4, -0.2) is 5.75 Å². The summed E-state index contributed by atoms with van der Waals surface area (Å²) in [6, 6.07) is 4.56. The lowest BCUT2D eigenvalue weighted by molar-refractivity contribution is 0.624. The molecule has 11 heavy (non-hydrogen) atoms. The Kier molecular flexibility index (Phi) is 3.21. The summed E-state index contributed by atoms with van der Waals surface area (Å²) in [7, 11) is 0. The zero-order valence-electron chi connectivity index (χ0n) is 6.10. The number of thioether (sulfide) groups is 1. The standard InChI is InChI=1S/C8H8ClFS/c1-2-11-8-4-6(9)3-7(10)5-8/h3-5H,2H2,1H3. The first-order valence-electron chi connectivity index (χ1n) is 3.31. The summed E-state index contributed by atoms with van der Waals surface area (Å²) >= 11 is 7.21. The van der Waals surface area contributed by atoms with Crippen molar-refractivity contribution in [3.05, 3.63) is 29.0 Å². The Morgan fingerprint density at radius 2 is 2.18 bits per heavy atom. The van der Waals surface area contributed by atoms with Gasteiger partial charge in [0.05, 0.1) is 0 Å². The first kappa shape index (κ1) is 8.88. The zero-order valence-corrected chi connectivity index (χ0v) is 7.68. The van der Waals surface area contributed by atoms with Gasteiger partial charge in [-0.3, -0.25) is 0 Å². The average Bonchev–Trinajstić information content (AvgIpc) is 1.85. The Balaban J connectivity index is 2.89. The van der Waals surface area contributed by atoms with E-state index in [9.17, 15) is 4.39 Å². The van der Waals surface area contributed by atoms with Gasteiger partial charge in [0.1, 0.15) is 5.82 Å². The van der Waals surface area contributed by atoms with Crippen molar-refractivity contribution in [1.82, 2.24) is 0 Å². The summed E-state index contributed by atoms with van der Waals surface area (Å²) < 4.78 is 12.7. The summed E-state index contributed by atoms with van der Waals surface area (Å²) in [6.45, 7) is 2.02. The molecule has 0 fully saturated rings. The molecule has 0 aliphatic heterocycles. The SMILES string of the molecule is CCSc1cc(F)cc(Cl)c1. The molecule has 0 aromatic heterocycles. The maximum absolute atomic E-state index is 12.7. The molecule has 3 heteroatoms. The van der Waals surface area contributed by atoms with Crippen LogP contribution in [0.3, 0.4) is 0 Å². The van der Waals surface area contributed by atoms with Crippen LogP contribution in [-0.2, 0) is 0 Å². The first-order valence-corrected chi connectivity index (χ1v) is 4.67. The van der Waals surface area contributed by atoms with E-state index in [0.717, 1.165) is 10.6 Å². The molecule has 1 rings (SSSR count). The molecule has 0 aliphatic rings. The van der Waals surface area contributed by atoms with E-state index < -0.39 is 0 Å². The highest BCUT2D eigenvalue weighted by molar-refractivity contribution is 7.99. The van der Waals surface area contributed by atoms with Gasteiger partial charge in [-0.1, -0.05) is 18.5 Å². The highest BCUT2D eigenvalue weighted by Gasteiger charge is 1.97. The molecule has 0 saturated heterocycles. The van der Waals surface area contributed by atoms with E-state index in [4.69, 9.17) is 11.6 Å². The third-order valence-corrected chi connectivity index (χ3v) is 2.22. The van der Waals surface area contributed by atoms with Crippen molar-refractivity contribution in [2.45, 2.75) is 11.8 Å². The predicted octanol–water partition coefficient (Wildman–Crippen LogP) is 3.59. The fraction of sp³-hybridized carbons (Fsp3) is 0.250. The van der Waals surface area contributed by atoms with Crippen LogP contribution in [0, 0.1) is 5.82 Å². The van der Waals surface area contributed by atoms with Crippen LogP contribution in [0.4, 0.5) is 4.39 Å². The molecule has 0 bridgehead atoms. The molecule has 0 saturated carbocycles. The Bertz CT molecular complexity index is 230. The van der Waals surface area contributed by atoms with Gasteiger partial charge in [0.25, 0.3) is 0 Å². The Morgan fingerprint density at radius 3 is 2.73 bits per heavy atom. The van der Waals surface area contributed by atoms with Gasteiger partial charge in [0.2, 0.25) is 0 Å². The van der Waals surface area contributed by atoms with Crippen LogP contribution in [0.2, 0.25) is 5.02 Å². The van der Waals surface area contributed by atoms with Gasteiger partial charge in [-0.15, -0.1) is 11.8 Å². The molecule has 60 valence electrons. The van der Waals surface area contributed by atoms with Gasteiger partial charge in [0, 0.05) is 9.92 Å². The van der Waals surface area contributed by atoms with Crippen LogP contribution in [0.15, 0.2) is 23.1 Å². The first-order chi connectivity index (χ1) is 5.22. The fourth-order valence-corrected chi connectivity index (χ4v) is 1.80. The maximum atomic E-state index is 12.7. The minimum Gasteiger partial charge on any atom is -0.207 e. The summed E-state index contributed by atoms with van der Waals surface area (Å²) in [5.41, 5.74) is 0.